The van der Waals surface area contributed by atoms with Crippen LogP contribution in [0.15, 0.2) is 0 Å². The molecule has 1 fully saturated rings. The normalized spacial score (nSPS) is 33.0. The average Bonchev–Trinajstić information content (AvgIpc) is 2.15. The van der Waals surface area contributed by atoms with Gasteiger partial charge in [0.15, 0.2) is 0 Å². The van der Waals surface area contributed by atoms with Crippen LogP contribution >= 0.6 is 0 Å². The maximum absolute atomic E-state index is 10.6. The van der Waals surface area contributed by atoms with E-state index in [1.54, 1.807) is 0 Å². The maximum atomic E-state index is 10.6. The van der Waals surface area contributed by atoms with Gasteiger partial charge in [-0.2, -0.15) is 0 Å². The minimum atomic E-state index is -0.458. The molecule has 0 aliphatic heterocycles. The van der Waals surface area contributed by atoms with E-state index >= 15 is 0 Å². The lowest BCUT2D eigenvalue weighted by Gasteiger charge is -2.41. The smallest absolute Gasteiger partial charge is 0.0799 e. The summed E-state index contributed by atoms with van der Waals surface area (Å²) in [5.74, 6) is 0.487. The van der Waals surface area contributed by atoms with Gasteiger partial charge >= 0.3 is 0 Å². The molecule has 0 aromatic carbocycles. The molecule has 0 bridgehead atoms. The first-order valence-corrected chi connectivity index (χ1v) is 6.35. The standard InChI is InChI=1S/C13H27NO/c1-5-11-8-6-7-9-13(11,15)10-14-12(2,3)4/h11,14-15H,5-10H2,1-4H3. The second kappa shape index (κ2) is 4.84. The summed E-state index contributed by atoms with van der Waals surface area (Å²) in [6.45, 7) is 9.40. The van der Waals surface area contributed by atoms with Crippen molar-refractivity contribution in [3.8, 4) is 0 Å². The van der Waals surface area contributed by atoms with Crippen molar-refractivity contribution in [2.75, 3.05) is 6.54 Å². The van der Waals surface area contributed by atoms with Gasteiger partial charge < -0.3 is 10.4 Å². The van der Waals surface area contributed by atoms with Gasteiger partial charge in [-0.05, 0) is 39.5 Å². The van der Waals surface area contributed by atoms with Gasteiger partial charge in [-0.1, -0.05) is 26.2 Å². The van der Waals surface area contributed by atoms with E-state index in [2.05, 4.69) is 33.0 Å². The van der Waals surface area contributed by atoms with Crippen molar-refractivity contribution in [3.05, 3.63) is 0 Å². The molecule has 0 spiro atoms. The molecule has 0 amide bonds. The summed E-state index contributed by atoms with van der Waals surface area (Å²) in [7, 11) is 0. The summed E-state index contributed by atoms with van der Waals surface area (Å²) in [6, 6.07) is 0. The zero-order valence-corrected chi connectivity index (χ0v) is 10.8. The highest BCUT2D eigenvalue weighted by Crippen LogP contribution is 2.35. The topological polar surface area (TPSA) is 32.3 Å². The van der Waals surface area contributed by atoms with E-state index in [0.29, 0.717) is 5.92 Å². The summed E-state index contributed by atoms with van der Waals surface area (Å²) in [6.07, 6.45) is 5.73. The molecule has 15 heavy (non-hydrogen) atoms. The largest absolute Gasteiger partial charge is 0.388 e. The molecular weight excluding hydrogens is 186 g/mol. The van der Waals surface area contributed by atoms with Gasteiger partial charge in [0.1, 0.15) is 0 Å². The van der Waals surface area contributed by atoms with Gasteiger partial charge in [0.2, 0.25) is 0 Å². The highest BCUT2D eigenvalue weighted by molar-refractivity contribution is 4.92. The summed E-state index contributed by atoms with van der Waals surface area (Å²) in [5, 5.41) is 14.1. The number of nitrogens with one attached hydrogen (secondary N) is 1. The first kappa shape index (κ1) is 13.0. The third-order valence-corrected chi connectivity index (χ3v) is 3.59. The number of hydrogen-bond donors (Lipinski definition) is 2. The van der Waals surface area contributed by atoms with E-state index in [1.807, 2.05) is 0 Å². The second-order valence-electron chi connectivity index (χ2n) is 6.06. The Morgan fingerprint density at radius 2 is 2.00 bits per heavy atom. The Morgan fingerprint density at radius 1 is 1.33 bits per heavy atom. The fourth-order valence-corrected chi connectivity index (χ4v) is 2.53. The molecular formula is C13H27NO. The molecule has 0 heterocycles. The summed E-state index contributed by atoms with van der Waals surface area (Å²) < 4.78 is 0. The van der Waals surface area contributed by atoms with Crippen LogP contribution in [0.5, 0.6) is 0 Å². The fraction of sp³-hybridized carbons (Fsp3) is 1.00. The highest BCUT2D eigenvalue weighted by Gasteiger charge is 2.37. The van der Waals surface area contributed by atoms with Crippen molar-refractivity contribution in [2.24, 2.45) is 5.92 Å². The Bertz CT molecular complexity index is 197. The van der Waals surface area contributed by atoms with Crippen LogP contribution in [-0.2, 0) is 0 Å². The molecule has 2 N–H and O–H groups in total. The van der Waals surface area contributed by atoms with E-state index in [1.165, 1.54) is 19.3 Å². The van der Waals surface area contributed by atoms with Crippen LogP contribution in [0.4, 0.5) is 0 Å². The lowest BCUT2D eigenvalue weighted by atomic mass is 9.74. The molecule has 0 saturated heterocycles. The van der Waals surface area contributed by atoms with Crippen molar-refractivity contribution in [2.45, 2.75) is 70.9 Å². The van der Waals surface area contributed by atoms with Crippen LogP contribution in [0.3, 0.4) is 0 Å². The van der Waals surface area contributed by atoms with E-state index in [-0.39, 0.29) is 5.54 Å². The number of rotatable bonds is 3. The Balaban J connectivity index is 2.54. The minimum Gasteiger partial charge on any atom is -0.388 e. The van der Waals surface area contributed by atoms with Crippen LogP contribution < -0.4 is 5.32 Å². The molecule has 2 nitrogen and oxygen atoms in total. The van der Waals surface area contributed by atoms with Crippen LogP contribution in [0, 0.1) is 5.92 Å². The molecule has 90 valence electrons. The van der Waals surface area contributed by atoms with Crippen molar-refractivity contribution in [3.63, 3.8) is 0 Å². The predicted molar refractivity (Wildman–Crippen MR) is 65.0 cm³/mol. The maximum Gasteiger partial charge on any atom is 0.0799 e. The number of hydrogen-bond acceptors (Lipinski definition) is 2. The van der Waals surface area contributed by atoms with Crippen LogP contribution in [-0.4, -0.2) is 22.8 Å². The van der Waals surface area contributed by atoms with Gasteiger partial charge in [0, 0.05) is 12.1 Å². The average molecular weight is 213 g/mol. The molecule has 1 aliphatic carbocycles. The third-order valence-electron chi connectivity index (χ3n) is 3.59. The summed E-state index contributed by atoms with van der Waals surface area (Å²) in [5.41, 5.74) is -0.355. The lowest BCUT2D eigenvalue weighted by molar-refractivity contribution is -0.0514. The third kappa shape index (κ3) is 3.76. The van der Waals surface area contributed by atoms with Crippen molar-refractivity contribution < 1.29 is 5.11 Å². The lowest BCUT2D eigenvalue weighted by Crippen LogP contribution is -2.52. The van der Waals surface area contributed by atoms with E-state index in [9.17, 15) is 5.11 Å². The van der Waals surface area contributed by atoms with E-state index in [0.717, 1.165) is 19.4 Å². The highest BCUT2D eigenvalue weighted by atomic mass is 16.3. The van der Waals surface area contributed by atoms with Crippen LogP contribution in [0.25, 0.3) is 0 Å². The van der Waals surface area contributed by atoms with Gasteiger partial charge in [0.25, 0.3) is 0 Å². The summed E-state index contributed by atoms with van der Waals surface area (Å²) in [4.78, 5) is 0. The van der Waals surface area contributed by atoms with Gasteiger partial charge in [-0.25, -0.2) is 0 Å². The zero-order chi connectivity index (χ0) is 11.5. The molecule has 2 heteroatoms. The molecule has 2 unspecified atom stereocenters. The van der Waals surface area contributed by atoms with Crippen LogP contribution in [0.1, 0.15) is 59.8 Å². The first-order chi connectivity index (χ1) is 6.87. The predicted octanol–water partition coefficient (Wildman–Crippen LogP) is 2.71. The fourth-order valence-electron chi connectivity index (χ4n) is 2.53. The molecule has 0 aromatic heterocycles. The molecule has 1 aliphatic rings. The molecule has 1 rings (SSSR count). The van der Waals surface area contributed by atoms with E-state index in [4.69, 9.17) is 0 Å². The number of β-amino-alcohol motifs (C(OH)–C–C–N with tert-alkyl or cyclic N) is 1. The van der Waals surface area contributed by atoms with Gasteiger partial charge in [0.05, 0.1) is 5.60 Å². The molecule has 0 radical (unpaired) electrons. The minimum absolute atomic E-state index is 0.103. The Hall–Kier alpha value is -0.0800. The summed E-state index contributed by atoms with van der Waals surface area (Å²) >= 11 is 0. The number of aliphatic hydroxyl groups is 1. The second-order valence-corrected chi connectivity index (χ2v) is 6.06. The monoisotopic (exact) mass is 213 g/mol. The SMILES string of the molecule is CCC1CCCCC1(O)CNC(C)(C)C. The van der Waals surface area contributed by atoms with Gasteiger partial charge in [-0.3, -0.25) is 0 Å². The van der Waals surface area contributed by atoms with Crippen molar-refractivity contribution in [1.29, 1.82) is 0 Å². The zero-order valence-electron chi connectivity index (χ0n) is 10.8. The molecule has 1 saturated carbocycles. The molecule has 2 atom stereocenters. The Labute approximate surface area is 94.5 Å². The Kier molecular flexibility index (Phi) is 4.19. The van der Waals surface area contributed by atoms with E-state index < -0.39 is 5.60 Å². The van der Waals surface area contributed by atoms with Gasteiger partial charge in [-0.15, -0.1) is 0 Å². The first-order valence-electron chi connectivity index (χ1n) is 6.35. The quantitative estimate of drug-likeness (QED) is 0.755. The van der Waals surface area contributed by atoms with Crippen molar-refractivity contribution >= 4 is 0 Å². The van der Waals surface area contributed by atoms with Crippen molar-refractivity contribution in [1.82, 2.24) is 5.32 Å². The van der Waals surface area contributed by atoms with Crippen LogP contribution in [0.2, 0.25) is 0 Å². The Morgan fingerprint density at radius 3 is 2.53 bits per heavy atom. The molecule has 0 aromatic rings.